The van der Waals surface area contributed by atoms with E-state index in [2.05, 4.69) is 20.4 Å². The minimum atomic E-state index is -4.65. The number of aryl methyl sites for hydroxylation is 1. The number of anilines is 1. The first kappa shape index (κ1) is 19.4. The van der Waals surface area contributed by atoms with Gasteiger partial charge in [0.2, 0.25) is 5.88 Å². The van der Waals surface area contributed by atoms with Gasteiger partial charge in [0.1, 0.15) is 5.65 Å². The average molecular weight is 416 g/mol. The molecule has 1 amide bonds. The number of pyridine rings is 2. The molecule has 0 aliphatic heterocycles. The summed E-state index contributed by atoms with van der Waals surface area (Å²) in [5, 5.41) is 5.69. The zero-order chi connectivity index (χ0) is 21.3. The number of fused-ring (bicyclic) bond motifs is 1. The smallest absolute Gasteiger partial charge is 0.435 e. The number of nitrogens with one attached hydrogen (secondary N) is 1. The molecule has 0 aliphatic rings. The van der Waals surface area contributed by atoms with Crippen LogP contribution in [0.1, 0.15) is 5.69 Å². The van der Waals surface area contributed by atoms with Gasteiger partial charge in [0.25, 0.3) is 5.91 Å². The highest BCUT2D eigenvalue weighted by molar-refractivity contribution is 5.92. The summed E-state index contributed by atoms with van der Waals surface area (Å²) in [5.41, 5.74) is 0.924. The second-order valence-corrected chi connectivity index (χ2v) is 6.32. The number of alkyl halides is 3. The van der Waals surface area contributed by atoms with Crippen molar-refractivity contribution < 1.29 is 22.7 Å². The van der Waals surface area contributed by atoms with Gasteiger partial charge in [-0.25, -0.2) is 9.97 Å². The van der Waals surface area contributed by atoms with Crippen molar-refractivity contribution in [2.75, 3.05) is 11.9 Å². The first-order valence-corrected chi connectivity index (χ1v) is 8.73. The zero-order valence-electron chi connectivity index (χ0n) is 15.6. The SMILES string of the molecule is Cn1ncc(NC(=O)COc2ccc(-c3cnc4ccccn34)cn2)c1C(F)(F)F. The summed E-state index contributed by atoms with van der Waals surface area (Å²) >= 11 is 0. The lowest BCUT2D eigenvalue weighted by atomic mass is 10.2. The predicted molar refractivity (Wildman–Crippen MR) is 101 cm³/mol. The molecule has 4 aromatic heterocycles. The second-order valence-electron chi connectivity index (χ2n) is 6.32. The fraction of sp³-hybridized carbons (Fsp3) is 0.158. The lowest BCUT2D eigenvalue weighted by molar-refractivity contribution is -0.143. The number of nitrogens with zero attached hydrogens (tertiary/aromatic N) is 5. The molecule has 0 aliphatic carbocycles. The Hall–Kier alpha value is -3.89. The number of imidazole rings is 1. The van der Waals surface area contributed by atoms with Crippen LogP contribution in [0.25, 0.3) is 16.9 Å². The van der Waals surface area contributed by atoms with Gasteiger partial charge in [0, 0.05) is 31.1 Å². The molecule has 4 heterocycles. The Bertz CT molecular complexity index is 1200. The maximum absolute atomic E-state index is 13.0. The van der Waals surface area contributed by atoms with Gasteiger partial charge in [-0.1, -0.05) is 6.07 Å². The van der Waals surface area contributed by atoms with Crippen LogP contribution in [0.5, 0.6) is 5.88 Å². The van der Waals surface area contributed by atoms with Crippen LogP contribution < -0.4 is 10.1 Å². The number of rotatable bonds is 5. The fourth-order valence-electron chi connectivity index (χ4n) is 2.95. The van der Waals surface area contributed by atoms with Crippen molar-refractivity contribution in [2.45, 2.75) is 6.18 Å². The molecule has 1 N–H and O–H groups in total. The highest BCUT2D eigenvalue weighted by Crippen LogP contribution is 2.34. The van der Waals surface area contributed by atoms with Crippen LogP contribution in [0.3, 0.4) is 0 Å². The number of hydrogen-bond acceptors (Lipinski definition) is 5. The number of halogens is 3. The Kier molecular flexibility index (Phi) is 4.86. The van der Waals surface area contributed by atoms with Crippen LogP contribution in [0, 0.1) is 0 Å². The van der Waals surface area contributed by atoms with E-state index in [0.717, 1.165) is 30.1 Å². The van der Waals surface area contributed by atoms with Crippen LogP contribution >= 0.6 is 0 Å². The fourth-order valence-corrected chi connectivity index (χ4v) is 2.95. The van der Waals surface area contributed by atoms with Gasteiger partial charge in [0.05, 0.1) is 23.8 Å². The number of ether oxygens (including phenoxy) is 1. The first-order valence-electron chi connectivity index (χ1n) is 8.73. The molecule has 8 nitrogen and oxygen atoms in total. The average Bonchev–Trinajstić information content (AvgIpc) is 3.30. The normalized spacial score (nSPS) is 11.6. The number of aromatic nitrogens is 5. The summed E-state index contributed by atoms with van der Waals surface area (Å²) < 4.78 is 46.9. The summed E-state index contributed by atoms with van der Waals surface area (Å²) in [4.78, 5) is 20.4. The van der Waals surface area contributed by atoms with Gasteiger partial charge in [0.15, 0.2) is 12.3 Å². The summed E-state index contributed by atoms with van der Waals surface area (Å²) in [6, 6.07) is 8.96. The Morgan fingerprint density at radius 2 is 1.97 bits per heavy atom. The van der Waals surface area contributed by atoms with Crippen LogP contribution in [-0.4, -0.2) is 36.7 Å². The molecule has 0 spiro atoms. The standard InChI is InChI=1S/C19H15F3N6O2/c1-27-18(19(20,21)22)13(9-25-27)26-16(29)11-30-17-6-5-12(8-24-17)14-10-23-15-4-2-3-7-28(14)15/h2-10H,11H2,1H3,(H,26,29). The summed E-state index contributed by atoms with van der Waals surface area (Å²) in [6.07, 6.45) is 1.44. The molecule has 0 saturated heterocycles. The largest absolute Gasteiger partial charge is 0.468 e. The van der Waals surface area contributed by atoms with Crippen molar-refractivity contribution in [2.24, 2.45) is 7.05 Å². The van der Waals surface area contributed by atoms with Gasteiger partial charge in [-0.15, -0.1) is 0 Å². The van der Waals surface area contributed by atoms with E-state index in [0.29, 0.717) is 4.68 Å². The zero-order valence-corrected chi connectivity index (χ0v) is 15.6. The molecule has 4 rings (SSSR count). The lowest BCUT2D eigenvalue weighted by Crippen LogP contribution is -2.23. The Morgan fingerprint density at radius 3 is 2.70 bits per heavy atom. The van der Waals surface area contributed by atoms with Gasteiger partial charge in [-0.05, 0) is 18.2 Å². The second kappa shape index (κ2) is 7.50. The molecule has 154 valence electrons. The van der Waals surface area contributed by atoms with Crippen LogP contribution in [0.2, 0.25) is 0 Å². The van der Waals surface area contributed by atoms with E-state index < -0.39 is 30.1 Å². The Labute approximate surface area is 167 Å². The van der Waals surface area contributed by atoms with Crippen molar-refractivity contribution in [3.63, 3.8) is 0 Å². The predicted octanol–water partition coefficient (Wildman–Crippen LogP) is 3.17. The third-order valence-electron chi connectivity index (χ3n) is 4.28. The topological polar surface area (TPSA) is 86.3 Å². The van der Waals surface area contributed by atoms with Crippen molar-refractivity contribution in [1.29, 1.82) is 0 Å². The summed E-state index contributed by atoms with van der Waals surface area (Å²) in [5.74, 6) is -0.605. The monoisotopic (exact) mass is 416 g/mol. The molecule has 11 heteroatoms. The first-order chi connectivity index (χ1) is 14.3. The lowest BCUT2D eigenvalue weighted by Gasteiger charge is -2.11. The molecule has 0 atom stereocenters. The van der Waals surface area contributed by atoms with Crippen molar-refractivity contribution in [1.82, 2.24) is 24.1 Å². The maximum atomic E-state index is 13.0. The number of carbonyl (C=O) groups excluding carboxylic acids is 1. The maximum Gasteiger partial charge on any atom is 0.435 e. The molecule has 0 radical (unpaired) electrons. The molecule has 4 aromatic rings. The highest BCUT2D eigenvalue weighted by atomic mass is 19.4. The third-order valence-corrected chi connectivity index (χ3v) is 4.28. The van der Waals surface area contributed by atoms with E-state index in [4.69, 9.17) is 4.74 Å². The van der Waals surface area contributed by atoms with Crippen molar-refractivity contribution >= 4 is 17.2 Å². The van der Waals surface area contributed by atoms with Crippen LogP contribution in [0.15, 0.2) is 55.1 Å². The third kappa shape index (κ3) is 3.81. The van der Waals surface area contributed by atoms with E-state index in [1.54, 1.807) is 24.5 Å². The molecule has 0 fully saturated rings. The summed E-state index contributed by atoms with van der Waals surface area (Å²) in [7, 11) is 1.14. The molecular weight excluding hydrogens is 401 g/mol. The van der Waals surface area contributed by atoms with E-state index >= 15 is 0 Å². The van der Waals surface area contributed by atoms with E-state index in [9.17, 15) is 18.0 Å². The van der Waals surface area contributed by atoms with Crippen LogP contribution in [-0.2, 0) is 18.0 Å². The number of hydrogen-bond donors (Lipinski definition) is 1. The molecular formula is C19H15F3N6O2. The van der Waals surface area contributed by atoms with Gasteiger partial charge >= 0.3 is 6.18 Å². The van der Waals surface area contributed by atoms with Gasteiger partial charge in [-0.2, -0.15) is 18.3 Å². The summed E-state index contributed by atoms with van der Waals surface area (Å²) in [6.45, 7) is -0.506. The Morgan fingerprint density at radius 1 is 1.13 bits per heavy atom. The van der Waals surface area contributed by atoms with Crippen molar-refractivity contribution in [3.8, 4) is 17.1 Å². The minimum Gasteiger partial charge on any atom is -0.468 e. The van der Waals surface area contributed by atoms with E-state index in [1.165, 1.54) is 0 Å². The van der Waals surface area contributed by atoms with E-state index in [-0.39, 0.29) is 5.88 Å². The van der Waals surface area contributed by atoms with Gasteiger partial charge < -0.3 is 10.1 Å². The molecule has 0 unspecified atom stereocenters. The Balaban J connectivity index is 1.41. The number of carbonyl (C=O) groups is 1. The quantitative estimate of drug-likeness (QED) is 0.540. The highest BCUT2D eigenvalue weighted by Gasteiger charge is 2.38. The van der Waals surface area contributed by atoms with Gasteiger partial charge in [-0.3, -0.25) is 13.9 Å². The van der Waals surface area contributed by atoms with Crippen LogP contribution in [0.4, 0.5) is 18.9 Å². The number of amides is 1. The minimum absolute atomic E-state index is 0.157. The molecule has 30 heavy (non-hydrogen) atoms. The van der Waals surface area contributed by atoms with Crippen molar-refractivity contribution in [3.05, 3.63) is 60.8 Å². The molecule has 0 saturated carbocycles. The molecule has 0 bridgehead atoms. The van der Waals surface area contributed by atoms with E-state index in [1.807, 2.05) is 28.8 Å². The molecule has 0 aromatic carbocycles.